The lowest BCUT2D eigenvalue weighted by Crippen LogP contribution is -2.38. The van der Waals surface area contributed by atoms with Crippen molar-refractivity contribution in [3.05, 3.63) is 82.6 Å². The van der Waals surface area contributed by atoms with Crippen LogP contribution >= 0.6 is 0 Å². The number of nitrogens with one attached hydrogen (secondary N) is 1. The Morgan fingerprint density at radius 2 is 1.60 bits per heavy atom. The monoisotopic (exact) mass is 331 g/mol. The smallest absolute Gasteiger partial charge is 0.225 e. The second-order valence-electron chi connectivity index (χ2n) is 6.99. The number of rotatable bonds is 2. The van der Waals surface area contributed by atoms with Crippen molar-refractivity contribution in [3.63, 3.8) is 0 Å². The van der Waals surface area contributed by atoms with E-state index < -0.39 is 0 Å². The summed E-state index contributed by atoms with van der Waals surface area (Å²) >= 11 is 0. The van der Waals surface area contributed by atoms with Gasteiger partial charge in [0.15, 0.2) is 5.78 Å². The molecule has 1 amide bonds. The Labute approximate surface area is 147 Å². The minimum Gasteiger partial charge on any atom is -0.329 e. The van der Waals surface area contributed by atoms with Crippen molar-refractivity contribution in [2.45, 2.75) is 38.0 Å². The number of carbonyl (C=O) groups is 2. The van der Waals surface area contributed by atoms with Crippen LogP contribution in [-0.2, 0) is 9.59 Å². The van der Waals surface area contributed by atoms with E-state index in [4.69, 9.17) is 0 Å². The Kier molecular flexibility index (Phi) is 4.00. The average Bonchev–Trinajstić information content (AvgIpc) is 2.62. The third-order valence-electron chi connectivity index (χ3n) is 5.37. The highest BCUT2D eigenvalue weighted by Crippen LogP contribution is 2.43. The first-order valence-corrected chi connectivity index (χ1v) is 8.80. The predicted octanol–water partition coefficient (Wildman–Crippen LogP) is 4.00. The van der Waals surface area contributed by atoms with Crippen molar-refractivity contribution in [3.8, 4) is 0 Å². The first-order valence-electron chi connectivity index (χ1n) is 8.80. The van der Waals surface area contributed by atoms with E-state index in [-0.39, 0.29) is 23.5 Å². The van der Waals surface area contributed by atoms with Crippen LogP contribution in [0.5, 0.6) is 0 Å². The third kappa shape index (κ3) is 2.91. The highest BCUT2D eigenvalue weighted by Gasteiger charge is 2.38. The number of aryl methyl sites for hydroxylation is 1. The molecule has 2 aromatic carbocycles. The number of benzene rings is 2. The Morgan fingerprint density at radius 3 is 2.36 bits per heavy atom. The molecule has 2 aromatic rings. The van der Waals surface area contributed by atoms with Crippen LogP contribution in [-0.4, -0.2) is 11.7 Å². The number of ketones is 1. The van der Waals surface area contributed by atoms with E-state index >= 15 is 0 Å². The molecule has 1 heterocycles. The van der Waals surface area contributed by atoms with Crippen molar-refractivity contribution >= 4 is 11.7 Å². The van der Waals surface area contributed by atoms with E-state index in [1.54, 1.807) is 0 Å². The fourth-order valence-corrected chi connectivity index (χ4v) is 4.16. The summed E-state index contributed by atoms with van der Waals surface area (Å²) in [7, 11) is 0. The zero-order valence-electron chi connectivity index (χ0n) is 14.3. The number of hydrogen-bond acceptors (Lipinski definition) is 2. The molecule has 126 valence electrons. The summed E-state index contributed by atoms with van der Waals surface area (Å²) in [5.41, 5.74) is 5.04. The van der Waals surface area contributed by atoms with E-state index in [0.29, 0.717) is 12.8 Å². The van der Waals surface area contributed by atoms with Gasteiger partial charge in [0.2, 0.25) is 5.91 Å². The van der Waals surface area contributed by atoms with Crippen molar-refractivity contribution in [2.75, 3.05) is 0 Å². The van der Waals surface area contributed by atoms with Crippen LogP contribution in [0, 0.1) is 6.92 Å². The number of amides is 1. The van der Waals surface area contributed by atoms with Crippen LogP contribution < -0.4 is 5.32 Å². The summed E-state index contributed by atoms with van der Waals surface area (Å²) in [5, 5.41) is 2.99. The number of carbonyl (C=O) groups excluding carboxylic acids is 2. The summed E-state index contributed by atoms with van der Waals surface area (Å²) < 4.78 is 0. The summed E-state index contributed by atoms with van der Waals surface area (Å²) in [6.07, 6.45) is 1.59. The van der Waals surface area contributed by atoms with E-state index in [9.17, 15) is 9.59 Å². The Bertz CT molecular complexity index is 867. The standard InChI is InChI=1S/C22H21NO2/c1-14-7-5-6-10-17(14)18-13-21(25)23-19-11-16(12-20(24)22(18)19)15-8-3-2-4-9-15/h2-10,16,18H,11-13H2,1H3,(H,23,25). The van der Waals surface area contributed by atoms with Crippen LogP contribution in [0.3, 0.4) is 0 Å². The fraction of sp³-hybridized carbons (Fsp3) is 0.273. The van der Waals surface area contributed by atoms with Gasteiger partial charge in [0, 0.05) is 30.0 Å². The molecule has 25 heavy (non-hydrogen) atoms. The van der Waals surface area contributed by atoms with Gasteiger partial charge in [-0.05, 0) is 36.0 Å². The molecule has 0 saturated heterocycles. The van der Waals surface area contributed by atoms with Crippen LogP contribution in [0.1, 0.15) is 47.8 Å². The van der Waals surface area contributed by atoms with Gasteiger partial charge < -0.3 is 5.32 Å². The average molecular weight is 331 g/mol. The molecule has 0 fully saturated rings. The molecule has 2 unspecified atom stereocenters. The van der Waals surface area contributed by atoms with Crippen molar-refractivity contribution in [2.24, 2.45) is 0 Å². The molecular formula is C22H21NO2. The second-order valence-corrected chi connectivity index (χ2v) is 6.99. The second kappa shape index (κ2) is 6.32. The minimum absolute atomic E-state index is 0.00788. The molecule has 0 bridgehead atoms. The van der Waals surface area contributed by atoms with Crippen LogP contribution in [0.25, 0.3) is 0 Å². The van der Waals surface area contributed by atoms with Gasteiger partial charge in [0.1, 0.15) is 0 Å². The maximum absolute atomic E-state index is 13.0. The molecule has 0 spiro atoms. The SMILES string of the molecule is Cc1ccccc1C1CC(=O)NC2=C1C(=O)CC(c1ccccc1)C2. The molecule has 2 atom stereocenters. The first kappa shape index (κ1) is 15.8. The van der Waals surface area contributed by atoms with Gasteiger partial charge >= 0.3 is 0 Å². The zero-order chi connectivity index (χ0) is 17.4. The third-order valence-corrected chi connectivity index (χ3v) is 5.37. The molecule has 1 aliphatic carbocycles. The molecule has 0 saturated carbocycles. The van der Waals surface area contributed by atoms with E-state index in [1.165, 1.54) is 0 Å². The van der Waals surface area contributed by atoms with Crippen LogP contribution in [0.4, 0.5) is 0 Å². The highest BCUT2D eigenvalue weighted by atomic mass is 16.2. The summed E-state index contributed by atoms with van der Waals surface area (Å²) in [4.78, 5) is 25.3. The summed E-state index contributed by atoms with van der Waals surface area (Å²) in [6, 6.07) is 18.2. The molecule has 3 nitrogen and oxygen atoms in total. The Morgan fingerprint density at radius 1 is 0.880 bits per heavy atom. The van der Waals surface area contributed by atoms with Gasteiger partial charge in [0.25, 0.3) is 0 Å². The minimum atomic E-state index is -0.117. The van der Waals surface area contributed by atoms with E-state index in [0.717, 1.165) is 34.4 Å². The predicted molar refractivity (Wildman–Crippen MR) is 97.1 cm³/mol. The topological polar surface area (TPSA) is 46.2 Å². The lowest BCUT2D eigenvalue weighted by Gasteiger charge is -2.35. The number of allylic oxidation sites excluding steroid dienone is 2. The first-order chi connectivity index (χ1) is 12.1. The van der Waals surface area contributed by atoms with Crippen molar-refractivity contribution in [1.29, 1.82) is 0 Å². The Hall–Kier alpha value is -2.68. The van der Waals surface area contributed by atoms with Gasteiger partial charge in [-0.2, -0.15) is 0 Å². The Balaban J connectivity index is 1.75. The largest absolute Gasteiger partial charge is 0.329 e. The quantitative estimate of drug-likeness (QED) is 0.904. The molecule has 1 aliphatic heterocycles. The van der Waals surface area contributed by atoms with Crippen LogP contribution in [0.15, 0.2) is 65.9 Å². The molecule has 2 aliphatic rings. The van der Waals surface area contributed by atoms with Gasteiger partial charge in [-0.25, -0.2) is 0 Å². The van der Waals surface area contributed by atoms with Gasteiger partial charge in [-0.1, -0.05) is 54.6 Å². The van der Waals surface area contributed by atoms with E-state index in [1.807, 2.05) is 49.4 Å². The van der Waals surface area contributed by atoms with Crippen LogP contribution in [0.2, 0.25) is 0 Å². The highest BCUT2D eigenvalue weighted by molar-refractivity contribution is 6.02. The van der Waals surface area contributed by atoms with Crippen molar-refractivity contribution in [1.82, 2.24) is 5.32 Å². The van der Waals surface area contributed by atoms with Crippen molar-refractivity contribution < 1.29 is 9.59 Å². The molecular weight excluding hydrogens is 310 g/mol. The van der Waals surface area contributed by atoms with Gasteiger partial charge in [0.05, 0.1) is 0 Å². The number of hydrogen-bond donors (Lipinski definition) is 1. The summed E-state index contributed by atoms with van der Waals surface area (Å²) in [5.74, 6) is 0.203. The lowest BCUT2D eigenvalue weighted by molar-refractivity contribution is -0.122. The lowest BCUT2D eigenvalue weighted by atomic mass is 9.73. The molecule has 1 N–H and O–H groups in total. The van der Waals surface area contributed by atoms with E-state index in [2.05, 4.69) is 17.4 Å². The van der Waals surface area contributed by atoms with Gasteiger partial charge in [-0.15, -0.1) is 0 Å². The maximum Gasteiger partial charge on any atom is 0.225 e. The zero-order valence-corrected chi connectivity index (χ0v) is 14.3. The van der Waals surface area contributed by atoms with Gasteiger partial charge in [-0.3, -0.25) is 9.59 Å². The number of Topliss-reactive ketones (excluding diaryl/α,β-unsaturated/α-hetero) is 1. The molecule has 3 heteroatoms. The molecule has 4 rings (SSSR count). The maximum atomic E-state index is 13.0. The fourth-order valence-electron chi connectivity index (χ4n) is 4.16. The molecule has 0 radical (unpaired) electrons. The summed E-state index contributed by atoms with van der Waals surface area (Å²) in [6.45, 7) is 2.04. The molecule has 0 aromatic heterocycles. The normalized spacial score (nSPS) is 23.2.